The zero-order valence-electron chi connectivity index (χ0n) is 18.0. The van der Waals surface area contributed by atoms with E-state index in [4.69, 9.17) is 4.74 Å². The van der Waals surface area contributed by atoms with Crippen LogP contribution in [0.1, 0.15) is 34.1 Å². The maximum atomic E-state index is 12.2. The minimum Gasteiger partial charge on any atom is -0.444 e. The molecule has 1 fully saturated rings. The molecule has 1 saturated heterocycles. The lowest BCUT2D eigenvalue weighted by Gasteiger charge is -2.23. The molecule has 1 unspecified atom stereocenters. The van der Waals surface area contributed by atoms with Gasteiger partial charge in [-0.3, -0.25) is 9.98 Å². The molecule has 1 amide bonds. The number of hydrogen-bond acceptors (Lipinski definition) is 6. The van der Waals surface area contributed by atoms with E-state index in [9.17, 15) is 13.2 Å². The van der Waals surface area contributed by atoms with Gasteiger partial charge in [-0.05, 0) is 46.2 Å². The van der Waals surface area contributed by atoms with E-state index in [0.29, 0.717) is 19.0 Å². The van der Waals surface area contributed by atoms with Crippen molar-refractivity contribution in [3.8, 4) is 0 Å². The highest BCUT2D eigenvalue weighted by molar-refractivity contribution is 7.89. The molecule has 3 N–H and O–H groups in total. The quantitative estimate of drug-likeness (QED) is 0.327. The third kappa shape index (κ3) is 7.79. The average molecular weight is 441 g/mol. The van der Waals surface area contributed by atoms with Crippen molar-refractivity contribution in [1.29, 1.82) is 0 Å². The normalized spacial score (nSPS) is 17.7. The summed E-state index contributed by atoms with van der Waals surface area (Å²) in [4.78, 5) is 22.5. The number of amides is 1. The molecule has 1 atom stereocenters. The summed E-state index contributed by atoms with van der Waals surface area (Å²) in [7, 11) is -3.60. The molecule has 0 aliphatic carbocycles. The summed E-state index contributed by atoms with van der Waals surface area (Å²) in [5.74, 6) is 0.687. The molecule has 11 heteroatoms. The molecule has 1 aliphatic rings. The molecule has 168 valence electrons. The lowest BCUT2D eigenvalue weighted by Crippen LogP contribution is -2.44. The number of nitrogens with zero attached hydrogens (tertiary/aromatic N) is 3. The highest BCUT2D eigenvalue weighted by atomic mass is 32.2. The van der Waals surface area contributed by atoms with Crippen LogP contribution < -0.4 is 15.4 Å². The molecule has 2 heterocycles. The SMILES string of the molecule is CCNC(=NCCNS(=O)(=O)c1cccnc1)N1CCC(NC(=O)OC(C)(C)C)C1. The Kier molecular flexibility index (Phi) is 8.42. The smallest absolute Gasteiger partial charge is 0.407 e. The third-order valence-electron chi connectivity index (χ3n) is 4.15. The Morgan fingerprint density at radius 3 is 2.80 bits per heavy atom. The number of hydrogen-bond donors (Lipinski definition) is 3. The minimum absolute atomic E-state index is 0.0345. The molecule has 0 bridgehead atoms. The zero-order valence-corrected chi connectivity index (χ0v) is 18.8. The standard InChI is InChI=1S/C19H32N6O4S/c1-5-21-17(22-10-11-23-30(27,28)16-7-6-9-20-13-16)25-12-8-15(14-25)24-18(26)29-19(2,3)4/h6-7,9,13,15,23H,5,8,10-12,14H2,1-4H3,(H,21,22)(H,24,26). The first-order chi connectivity index (χ1) is 14.1. The van der Waals surface area contributed by atoms with Crippen molar-refractivity contribution in [2.75, 3.05) is 32.7 Å². The van der Waals surface area contributed by atoms with E-state index >= 15 is 0 Å². The van der Waals surface area contributed by atoms with E-state index < -0.39 is 21.7 Å². The molecule has 1 aliphatic heterocycles. The molecule has 10 nitrogen and oxygen atoms in total. The lowest BCUT2D eigenvalue weighted by molar-refractivity contribution is 0.0507. The van der Waals surface area contributed by atoms with Crippen molar-refractivity contribution >= 4 is 22.1 Å². The van der Waals surface area contributed by atoms with Gasteiger partial charge in [0, 0.05) is 38.6 Å². The number of carbonyl (C=O) groups excluding carboxylic acids is 1. The van der Waals surface area contributed by atoms with Crippen molar-refractivity contribution in [2.45, 2.75) is 50.7 Å². The first kappa shape index (κ1) is 23.9. The maximum absolute atomic E-state index is 12.2. The second kappa shape index (κ2) is 10.6. The van der Waals surface area contributed by atoms with E-state index in [1.807, 2.05) is 32.6 Å². The number of sulfonamides is 1. The first-order valence-electron chi connectivity index (χ1n) is 10.0. The van der Waals surface area contributed by atoms with Gasteiger partial charge in [-0.2, -0.15) is 0 Å². The van der Waals surface area contributed by atoms with Crippen molar-refractivity contribution in [2.24, 2.45) is 4.99 Å². The number of ether oxygens (including phenoxy) is 1. The van der Waals surface area contributed by atoms with E-state index in [0.717, 1.165) is 13.0 Å². The number of alkyl carbamates (subject to hydrolysis) is 1. The zero-order chi connectivity index (χ0) is 22.2. The van der Waals surface area contributed by atoms with Gasteiger partial charge in [-0.15, -0.1) is 0 Å². The van der Waals surface area contributed by atoms with Gasteiger partial charge < -0.3 is 20.3 Å². The number of carbonyl (C=O) groups is 1. The van der Waals surface area contributed by atoms with Gasteiger partial charge in [0.15, 0.2) is 5.96 Å². The number of rotatable bonds is 7. The van der Waals surface area contributed by atoms with Crippen LogP contribution in [0, 0.1) is 0 Å². The molecule has 0 aromatic carbocycles. The summed E-state index contributed by atoms with van der Waals surface area (Å²) in [6.45, 7) is 9.90. The Morgan fingerprint density at radius 2 is 2.17 bits per heavy atom. The van der Waals surface area contributed by atoms with Crippen LogP contribution in [0.15, 0.2) is 34.4 Å². The molecular weight excluding hydrogens is 408 g/mol. The van der Waals surface area contributed by atoms with Crippen LogP contribution in [0.4, 0.5) is 4.79 Å². The predicted octanol–water partition coefficient (Wildman–Crippen LogP) is 0.924. The fourth-order valence-electron chi connectivity index (χ4n) is 2.90. The third-order valence-corrected chi connectivity index (χ3v) is 5.60. The van der Waals surface area contributed by atoms with E-state index in [-0.39, 0.29) is 24.0 Å². The molecule has 0 saturated carbocycles. The van der Waals surface area contributed by atoms with Gasteiger partial charge in [0.2, 0.25) is 10.0 Å². The summed E-state index contributed by atoms with van der Waals surface area (Å²) in [5, 5.41) is 6.10. The van der Waals surface area contributed by atoms with Crippen LogP contribution in [0.5, 0.6) is 0 Å². The summed E-state index contributed by atoms with van der Waals surface area (Å²) in [5.41, 5.74) is -0.540. The summed E-state index contributed by atoms with van der Waals surface area (Å²) in [6.07, 6.45) is 3.17. The van der Waals surface area contributed by atoms with Crippen LogP contribution in [-0.2, 0) is 14.8 Å². The van der Waals surface area contributed by atoms with Crippen molar-refractivity contribution in [3.63, 3.8) is 0 Å². The van der Waals surface area contributed by atoms with Crippen molar-refractivity contribution < 1.29 is 17.9 Å². The van der Waals surface area contributed by atoms with E-state index in [2.05, 4.69) is 25.3 Å². The Bertz CT molecular complexity index is 823. The second-order valence-corrected chi connectivity index (χ2v) is 9.67. The van der Waals surface area contributed by atoms with Crippen molar-refractivity contribution in [1.82, 2.24) is 25.2 Å². The van der Waals surface area contributed by atoms with Crippen LogP contribution in [0.3, 0.4) is 0 Å². The van der Waals surface area contributed by atoms with Gasteiger partial charge in [0.1, 0.15) is 10.5 Å². The maximum Gasteiger partial charge on any atom is 0.407 e. The van der Waals surface area contributed by atoms with Gasteiger partial charge in [0.05, 0.1) is 12.6 Å². The van der Waals surface area contributed by atoms with E-state index in [1.165, 1.54) is 18.5 Å². The highest BCUT2D eigenvalue weighted by Crippen LogP contribution is 2.12. The molecule has 2 rings (SSSR count). The van der Waals surface area contributed by atoms with Crippen LogP contribution in [-0.4, -0.2) is 74.7 Å². The Hall–Kier alpha value is -2.40. The molecule has 1 aromatic rings. The summed E-state index contributed by atoms with van der Waals surface area (Å²) < 4.78 is 32.3. The Morgan fingerprint density at radius 1 is 1.40 bits per heavy atom. The van der Waals surface area contributed by atoms with Crippen molar-refractivity contribution in [3.05, 3.63) is 24.5 Å². The summed E-state index contributed by atoms with van der Waals surface area (Å²) >= 11 is 0. The first-order valence-corrected chi connectivity index (χ1v) is 11.5. The number of aromatic nitrogens is 1. The molecule has 1 aromatic heterocycles. The lowest BCUT2D eigenvalue weighted by atomic mass is 10.2. The Labute approximate surface area is 178 Å². The summed E-state index contributed by atoms with van der Waals surface area (Å²) in [6, 6.07) is 3.03. The molecule has 30 heavy (non-hydrogen) atoms. The monoisotopic (exact) mass is 440 g/mol. The van der Waals surface area contributed by atoms with Gasteiger partial charge in [-0.1, -0.05) is 0 Å². The fraction of sp³-hybridized carbons (Fsp3) is 0.632. The second-order valence-electron chi connectivity index (χ2n) is 7.90. The van der Waals surface area contributed by atoms with Crippen LogP contribution in [0.2, 0.25) is 0 Å². The van der Waals surface area contributed by atoms with E-state index in [1.54, 1.807) is 6.07 Å². The number of aliphatic imine (C=N–C) groups is 1. The number of pyridine rings is 1. The topological polar surface area (TPSA) is 125 Å². The molecule has 0 radical (unpaired) electrons. The van der Waals surface area contributed by atoms with Crippen LogP contribution in [0.25, 0.3) is 0 Å². The van der Waals surface area contributed by atoms with Gasteiger partial charge in [0.25, 0.3) is 0 Å². The molecular formula is C19H32N6O4S. The highest BCUT2D eigenvalue weighted by Gasteiger charge is 2.27. The number of likely N-dealkylation sites (tertiary alicyclic amines) is 1. The number of nitrogens with one attached hydrogen (secondary N) is 3. The average Bonchev–Trinajstić information content (AvgIpc) is 3.11. The predicted molar refractivity (Wildman–Crippen MR) is 115 cm³/mol. The van der Waals surface area contributed by atoms with Gasteiger partial charge >= 0.3 is 6.09 Å². The molecule has 0 spiro atoms. The fourth-order valence-corrected chi connectivity index (χ4v) is 3.89. The van der Waals surface area contributed by atoms with Crippen LogP contribution >= 0.6 is 0 Å². The Balaban J connectivity index is 1.86. The van der Waals surface area contributed by atoms with Gasteiger partial charge in [-0.25, -0.2) is 17.9 Å². The number of guanidine groups is 1. The largest absolute Gasteiger partial charge is 0.444 e. The minimum atomic E-state index is -3.60.